The van der Waals surface area contributed by atoms with Gasteiger partial charge in [0, 0.05) is 26.6 Å². The average Bonchev–Trinajstić information content (AvgIpc) is 3.13. The minimum atomic E-state index is -0.436. The van der Waals surface area contributed by atoms with Gasteiger partial charge in [0.15, 0.2) is 0 Å². The van der Waals surface area contributed by atoms with Crippen LogP contribution < -0.4 is 16.4 Å². The summed E-state index contributed by atoms with van der Waals surface area (Å²) in [6.07, 6.45) is 3.39. The number of carbonyl (C=O) groups is 2. The number of ether oxygens (including phenoxy) is 1. The molecule has 0 aliphatic heterocycles. The van der Waals surface area contributed by atoms with E-state index in [0.717, 1.165) is 6.42 Å². The van der Waals surface area contributed by atoms with Gasteiger partial charge in [-0.2, -0.15) is 0 Å². The van der Waals surface area contributed by atoms with E-state index in [1.807, 2.05) is 0 Å². The molecule has 0 saturated heterocycles. The molecule has 0 aromatic carbocycles. The highest BCUT2D eigenvalue weighted by atomic mass is 16.5. The first-order valence-electron chi connectivity index (χ1n) is 6.42. The van der Waals surface area contributed by atoms with E-state index in [1.54, 1.807) is 7.11 Å². The lowest BCUT2D eigenvalue weighted by molar-refractivity contribution is -0.123. The Balaban J connectivity index is 2.01. The van der Waals surface area contributed by atoms with E-state index in [1.165, 1.54) is 12.8 Å². The molecule has 6 nitrogen and oxygen atoms in total. The summed E-state index contributed by atoms with van der Waals surface area (Å²) in [5.41, 5.74) is 5.74. The summed E-state index contributed by atoms with van der Waals surface area (Å²) in [7, 11) is 1.58. The lowest BCUT2D eigenvalue weighted by atomic mass is 10.1. The highest BCUT2D eigenvalue weighted by Crippen LogP contribution is 2.33. The molecule has 0 heterocycles. The maximum Gasteiger partial charge on any atom is 0.236 e. The van der Waals surface area contributed by atoms with Gasteiger partial charge in [0.1, 0.15) is 0 Å². The molecule has 18 heavy (non-hydrogen) atoms. The zero-order valence-corrected chi connectivity index (χ0v) is 10.9. The van der Waals surface area contributed by atoms with Crippen LogP contribution in [0.15, 0.2) is 0 Å². The molecular formula is C12H23N3O3. The third kappa shape index (κ3) is 6.56. The van der Waals surface area contributed by atoms with Crippen molar-refractivity contribution in [2.75, 3.05) is 26.8 Å². The molecule has 4 N–H and O–H groups in total. The molecule has 0 radical (unpaired) electrons. The van der Waals surface area contributed by atoms with Crippen LogP contribution in [0.2, 0.25) is 0 Å². The van der Waals surface area contributed by atoms with Crippen molar-refractivity contribution in [3.05, 3.63) is 0 Å². The van der Waals surface area contributed by atoms with Crippen molar-refractivity contribution in [3.63, 3.8) is 0 Å². The largest absolute Gasteiger partial charge is 0.383 e. The van der Waals surface area contributed by atoms with Gasteiger partial charge < -0.3 is 21.1 Å². The summed E-state index contributed by atoms with van der Waals surface area (Å²) in [6, 6.07) is -0.436. The van der Waals surface area contributed by atoms with E-state index in [2.05, 4.69) is 10.6 Å². The van der Waals surface area contributed by atoms with Crippen LogP contribution in [0.4, 0.5) is 0 Å². The van der Waals surface area contributed by atoms with Gasteiger partial charge in [0.05, 0.1) is 12.6 Å². The minimum absolute atomic E-state index is 0.0943. The molecule has 0 spiro atoms. The quantitative estimate of drug-likeness (QED) is 0.480. The molecule has 1 unspecified atom stereocenters. The first-order valence-corrected chi connectivity index (χ1v) is 6.42. The standard InChI is InChI=1S/C12H23N3O3/c1-18-7-6-14-11(16)4-5-15-12(17)10(13)8-9-2-3-9/h9-10H,2-8,13H2,1H3,(H,14,16)(H,15,17). The van der Waals surface area contributed by atoms with Crippen molar-refractivity contribution in [1.29, 1.82) is 0 Å². The minimum Gasteiger partial charge on any atom is -0.383 e. The molecule has 2 amide bonds. The zero-order chi connectivity index (χ0) is 13.4. The third-order valence-corrected chi connectivity index (χ3v) is 2.90. The number of carbonyl (C=O) groups excluding carboxylic acids is 2. The topological polar surface area (TPSA) is 93.5 Å². The molecule has 104 valence electrons. The Labute approximate surface area is 108 Å². The number of rotatable bonds is 9. The number of hydrogen-bond donors (Lipinski definition) is 3. The van der Waals surface area contributed by atoms with E-state index in [4.69, 9.17) is 10.5 Å². The van der Waals surface area contributed by atoms with Crippen LogP contribution in [0.1, 0.15) is 25.7 Å². The monoisotopic (exact) mass is 257 g/mol. The highest BCUT2D eigenvalue weighted by Gasteiger charge is 2.26. The van der Waals surface area contributed by atoms with Crippen molar-refractivity contribution >= 4 is 11.8 Å². The summed E-state index contributed by atoms with van der Waals surface area (Å²) < 4.78 is 4.81. The van der Waals surface area contributed by atoms with Gasteiger partial charge in [-0.1, -0.05) is 12.8 Å². The Morgan fingerprint density at radius 3 is 2.67 bits per heavy atom. The van der Waals surface area contributed by atoms with Gasteiger partial charge in [-0.05, 0) is 12.3 Å². The van der Waals surface area contributed by atoms with Crippen LogP contribution in [-0.2, 0) is 14.3 Å². The molecular weight excluding hydrogens is 234 g/mol. The lowest BCUT2D eigenvalue weighted by Crippen LogP contribution is -2.42. The summed E-state index contributed by atoms with van der Waals surface area (Å²) >= 11 is 0. The maximum atomic E-state index is 11.6. The van der Waals surface area contributed by atoms with Crippen molar-refractivity contribution in [2.45, 2.75) is 31.7 Å². The molecule has 0 bridgehead atoms. The van der Waals surface area contributed by atoms with E-state index in [0.29, 0.717) is 25.6 Å². The maximum absolute atomic E-state index is 11.6. The number of nitrogens with one attached hydrogen (secondary N) is 2. The first kappa shape index (κ1) is 14.9. The molecule has 1 aliphatic rings. The van der Waals surface area contributed by atoms with Gasteiger partial charge in [-0.3, -0.25) is 9.59 Å². The van der Waals surface area contributed by atoms with Crippen LogP contribution in [0.5, 0.6) is 0 Å². The molecule has 1 rings (SSSR count). The predicted molar refractivity (Wildman–Crippen MR) is 67.8 cm³/mol. The van der Waals surface area contributed by atoms with Crippen LogP contribution in [0.25, 0.3) is 0 Å². The fourth-order valence-electron chi connectivity index (χ4n) is 1.63. The van der Waals surface area contributed by atoms with Crippen LogP contribution in [0.3, 0.4) is 0 Å². The first-order chi connectivity index (χ1) is 8.63. The zero-order valence-electron chi connectivity index (χ0n) is 10.9. The van der Waals surface area contributed by atoms with Gasteiger partial charge in [-0.25, -0.2) is 0 Å². The van der Waals surface area contributed by atoms with Gasteiger partial charge >= 0.3 is 0 Å². The van der Waals surface area contributed by atoms with Crippen LogP contribution in [0, 0.1) is 5.92 Å². The van der Waals surface area contributed by atoms with E-state index in [-0.39, 0.29) is 18.2 Å². The summed E-state index contributed by atoms with van der Waals surface area (Å²) in [4.78, 5) is 22.9. The van der Waals surface area contributed by atoms with Crippen molar-refractivity contribution in [1.82, 2.24) is 10.6 Å². The second-order valence-corrected chi connectivity index (χ2v) is 4.67. The third-order valence-electron chi connectivity index (χ3n) is 2.90. The van der Waals surface area contributed by atoms with Crippen LogP contribution >= 0.6 is 0 Å². The number of amides is 2. The number of hydrogen-bond acceptors (Lipinski definition) is 4. The Morgan fingerprint density at radius 2 is 2.06 bits per heavy atom. The lowest BCUT2D eigenvalue weighted by Gasteiger charge is -2.11. The number of nitrogens with two attached hydrogens (primary N) is 1. The molecule has 1 saturated carbocycles. The Morgan fingerprint density at radius 1 is 1.33 bits per heavy atom. The molecule has 1 atom stereocenters. The fraction of sp³-hybridized carbons (Fsp3) is 0.833. The summed E-state index contributed by atoms with van der Waals surface area (Å²) in [5, 5.41) is 5.36. The average molecular weight is 257 g/mol. The molecule has 0 aromatic heterocycles. The Hall–Kier alpha value is -1.14. The molecule has 1 fully saturated rings. The predicted octanol–water partition coefficient (Wildman–Crippen LogP) is -0.617. The highest BCUT2D eigenvalue weighted by molar-refractivity contribution is 5.82. The Bertz CT molecular complexity index is 280. The van der Waals surface area contributed by atoms with Crippen molar-refractivity contribution in [2.24, 2.45) is 11.7 Å². The van der Waals surface area contributed by atoms with E-state index < -0.39 is 6.04 Å². The van der Waals surface area contributed by atoms with Gasteiger partial charge in [-0.15, -0.1) is 0 Å². The SMILES string of the molecule is COCCNC(=O)CCNC(=O)C(N)CC1CC1. The molecule has 6 heteroatoms. The normalized spacial score (nSPS) is 16.1. The summed E-state index contributed by atoms with van der Waals surface area (Å²) in [6.45, 7) is 1.31. The van der Waals surface area contributed by atoms with Crippen molar-refractivity contribution < 1.29 is 14.3 Å². The summed E-state index contributed by atoms with van der Waals surface area (Å²) in [5.74, 6) is 0.373. The van der Waals surface area contributed by atoms with E-state index in [9.17, 15) is 9.59 Å². The second kappa shape index (κ2) is 8.05. The molecule has 1 aliphatic carbocycles. The van der Waals surface area contributed by atoms with Crippen LogP contribution in [-0.4, -0.2) is 44.7 Å². The van der Waals surface area contributed by atoms with Gasteiger partial charge in [0.2, 0.25) is 11.8 Å². The Kier molecular flexibility index (Phi) is 6.67. The second-order valence-electron chi connectivity index (χ2n) is 4.67. The van der Waals surface area contributed by atoms with E-state index >= 15 is 0 Å². The number of methoxy groups -OCH3 is 1. The van der Waals surface area contributed by atoms with Gasteiger partial charge in [0.25, 0.3) is 0 Å². The fourth-order valence-corrected chi connectivity index (χ4v) is 1.63. The van der Waals surface area contributed by atoms with Crippen molar-refractivity contribution in [3.8, 4) is 0 Å². The molecule has 0 aromatic rings. The smallest absolute Gasteiger partial charge is 0.236 e.